The lowest BCUT2D eigenvalue weighted by Crippen LogP contribution is -2.46. The van der Waals surface area contributed by atoms with E-state index in [0.717, 1.165) is 21.6 Å². The fraction of sp³-hybridized carbons (Fsp3) is 0.500. The van der Waals surface area contributed by atoms with Gasteiger partial charge in [-0.3, -0.25) is 14.4 Å². The molecule has 1 aliphatic heterocycles. The molecule has 9 nitrogen and oxygen atoms in total. The molecule has 2 aromatic heterocycles. The second kappa shape index (κ2) is 10.4. The highest BCUT2D eigenvalue weighted by molar-refractivity contribution is 7.18. The lowest BCUT2D eigenvalue weighted by atomic mass is 10.2. The summed E-state index contributed by atoms with van der Waals surface area (Å²) >= 11 is 1.64. The Hall–Kier alpha value is -3.19. The maximum atomic E-state index is 12.7. The van der Waals surface area contributed by atoms with Gasteiger partial charge in [0.15, 0.2) is 0 Å². The number of carbonyl (C=O) groups is 3. The SMILES string of the molecule is C#CCNC(=O)CC(=O)N1CCC(=O)NCCN(c2nc(C)nc3sc(C)c(C)c23)CC1. The third-order valence-electron chi connectivity index (χ3n) is 5.43. The molecule has 1 saturated heterocycles. The minimum atomic E-state index is -0.427. The number of nitrogens with one attached hydrogen (secondary N) is 2. The van der Waals surface area contributed by atoms with E-state index in [0.29, 0.717) is 32.0 Å². The lowest BCUT2D eigenvalue weighted by Gasteiger charge is -2.30. The van der Waals surface area contributed by atoms with Crippen molar-refractivity contribution in [2.24, 2.45) is 0 Å². The smallest absolute Gasteiger partial charge is 0.232 e. The van der Waals surface area contributed by atoms with Crippen molar-refractivity contribution in [1.29, 1.82) is 0 Å². The van der Waals surface area contributed by atoms with E-state index >= 15 is 0 Å². The number of hydrogen-bond donors (Lipinski definition) is 2. The van der Waals surface area contributed by atoms with Crippen LogP contribution in [0.2, 0.25) is 0 Å². The van der Waals surface area contributed by atoms with Crippen molar-refractivity contribution < 1.29 is 14.4 Å². The summed E-state index contributed by atoms with van der Waals surface area (Å²) in [5.41, 5.74) is 1.14. The van der Waals surface area contributed by atoms with Crippen LogP contribution in [-0.4, -0.2) is 71.9 Å². The van der Waals surface area contributed by atoms with E-state index in [1.807, 2.05) is 6.92 Å². The maximum Gasteiger partial charge on any atom is 0.232 e. The van der Waals surface area contributed by atoms with Crippen molar-refractivity contribution in [1.82, 2.24) is 25.5 Å². The van der Waals surface area contributed by atoms with Crippen molar-refractivity contribution in [2.45, 2.75) is 33.6 Å². The van der Waals surface area contributed by atoms with E-state index in [2.05, 4.69) is 40.3 Å². The lowest BCUT2D eigenvalue weighted by molar-refractivity contribution is -0.136. The number of carbonyl (C=O) groups excluding carboxylic acids is 3. The number of rotatable bonds is 4. The zero-order valence-electron chi connectivity index (χ0n) is 18.7. The number of nitrogens with zero attached hydrogens (tertiary/aromatic N) is 4. The summed E-state index contributed by atoms with van der Waals surface area (Å²) in [5, 5.41) is 6.41. The Labute approximate surface area is 191 Å². The van der Waals surface area contributed by atoms with E-state index in [1.165, 1.54) is 4.88 Å². The van der Waals surface area contributed by atoms with Gasteiger partial charge in [-0.25, -0.2) is 9.97 Å². The molecule has 0 saturated carbocycles. The second-order valence-electron chi connectivity index (χ2n) is 7.68. The van der Waals surface area contributed by atoms with Gasteiger partial charge in [-0.1, -0.05) is 5.92 Å². The molecular formula is C22H28N6O3S. The Kier molecular flexibility index (Phi) is 7.64. The van der Waals surface area contributed by atoms with Gasteiger partial charge in [0.05, 0.1) is 11.9 Å². The number of thiophene rings is 1. The molecule has 2 N–H and O–H groups in total. The minimum absolute atomic E-state index is 0.0742. The van der Waals surface area contributed by atoms with Crippen molar-refractivity contribution in [3.8, 4) is 12.3 Å². The van der Waals surface area contributed by atoms with Crippen molar-refractivity contribution in [2.75, 3.05) is 44.2 Å². The molecule has 1 fully saturated rings. The number of anilines is 1. The average molecular weight is 457 g/mol. The molecule has 1 aliphatic rings. The fourth-order valence-corrected chi connectivity index (χ4v) is 4.67. The van der Waals surface area contributed by atoms with E-state index in [4.69, 9.17) is 11.4 Å². The molecule has 2 aromatic rings. The van der Waals surface area contributed by atoms with Gasteiger partial charge in [-0.05, 0) is 26.3 Å². The maximum absolute atomic E-state index is 12.7. The normalized spacial score (nSPS) is 15.2. The van der Waals surface area contributed by atoms with Gasteiger partial charge in [-0.15, -0.1) is 17.8 Å². The molecule has 3 heterocycles. The van der Waals surface area contributed by atoms with Crippen LogP contribution >= 0.6 is 11.3 Å². The Balaban J connectivity index is 1.85. The average Bonchev–Trinajstić information content (AvgIpc) is 3.03. The molecule has 0 radical (unpaired) electrons. The summed E-state index contributed by atoms with van der Waals surface area (Å²) < 4.78 is 0. The van der Waals surface area contributed by atoms with Gasteiger partial charge < -0.3 is 20.4 Å². The van der Waals surface area contributed by atoms with E-state index in [1.54, 1.807) is 16.2 Å². The van der Waals surface area contributed by atoms with E-state index in [-0.39, 0.29) is 37.7 Å². The van der Waals surface area contributed by atoms with Crippen molar-refractivity contribution in [3.63, 3.8) is 0 Å². The van der Waals surface area contributed by atoms with E-state index < -0.39 is 5.91 Å². The Morgan fingerprint density at radius 2 is 1.97 bits per heavy atom. The molecule has 0 unspecified atom stereocenters. The molecule has 10 heteroatoms. The van der Waals surface area contributed by atoms with Crippen LogP contribution in [0.5, 0.6) is 0 Å². The van der Waals surface area contributed by atoms with Crippen LogP contribution in [0.15, 0.2) is 0 Å². The summed E-state index contributed by atoms with van der Waals surface area (Å²) in [4.78, 5) is 52.0. The molecule has 0 aromatic carbocycles. The van der Waals surface area contributed by atoms with E-state index in [9.17, 15) is 14.4 Å². The first-order valence-electron chi connectivity index (χ1n) is 10.5. The predicted octanol–water partition coefficient (Wildman–Crippen LogP) is 0.911. The first kappa shape index (κ1) is 23.5. The molecule has 3 amide bonds. The number of fused-ring (bicyclic) bond motifs is 1. The molecule has 170 valence electrons. The Morgan fingerprint density at radius 3 is 2.72 bits per heavy atom. The van der Waals surface area contributed by atoms with Crippen LogP contribution in [-0.2, 0) is 14.4 Å². The molecule has 0 bridgehead atoms. The minimum Gasteiger partial charge on any atom is -0.354 e. The molecule has 0 aliphatic carbocycles. The number of aromatic nitrogens is 2. The highest BCUT2D eigenvalue weighted by Gasteiger charge is 2.23. The number of hydrogen-bond acceptors (Lipinski definition) is 7. The first-order valence-corrected chi connectivity index (χ1v) is 11.4. The monoisotopic (exact) mass is 456 g/mol. The van der Waals surface area contributed by atoms with Gasteiger partial charge in [0, 0.05) is 44.0 Å². The first-order chi connectivity index (χ1) is 15.3. The van der Waals surface area contributed by atoms with Crippen LogP contribution < -0.4 is 15.5 Å². The highest BCUT2D eigenvalue weighted by Crippen LogP contribution is 2.34. The summed E-state index contributed by atoms with van der Waals surface area (Å²) in [6.45, 7) is 8.24. The molecular weight excluding hydrogens is 428 g/mol. The summed E-state index contributed by atoms with van der Waals surface area (Å²) in [5.74, 6) is 2.90. The Morgan fingerprint density at radius 1 is 1.19 bits per heavy atom. The van der Waals surface area contributed by atoms with Gasteiger partial charge in [0.25, 0.3) is 0 Å². The van der Waals surface area contributed by atoms with Crippen molar-refractivity contribution >= 4 is 45.1 Å². The largest absolute Gasteiger partial charge is 0.354 e. The molecule has 3 rings (SSSR count). The van der Waals surface area contributed by atoms with Crippen molar-refractivity contribution in [3.05, 3.63) is 16.3 Å². The summed E-state index contributed by atoms with van der Waals surface area (Å²) in [6.07, 6.45) is 5.04. The third kappa shape index (κ3) is 5.53. The number of amides is 3. The van der Waals surface area contributed by atoms with Crippen LogP contribution in [0.3, 0.4) is 0 Å². The van der Waals surface area contributed by atoms with Crippen LogP contribution in [0.1, 0.15) is 29.1 Å². The highest BCUT2D eigenvalue weighted by atomic mass is 32.1. The Bertz CT molecular complexity index is 1070. The van der Waals surface area contributed by atoms with Crippen LogP contribution in [0, 0.1) is 33.1 Å². The standard InChI is InChI=1S/C22H28N6O3S/c1-5-7-23-18(30)13-19(31)27-9-6-17(29)24-8-10-28(12-11-27)21-20-14(2)15(3)32-22(20)26-16(4)25-21/h1H,6-13H2,2-4H3,(H,23,30)(H,24,29). The van der Waals surface area contributed by atoms with Gasteiger partial charge >= 0.3 is 0 Å². The van der Waals surface area contributed by atoms with Gasteiger partial charge in [0.2, 0.25) is 17.7 Å². The van der Waals surface area contributed by atoms with Crippen LogP contribution in [0.4, 0.5) is 5.82 Å². The zero-order valence-corrected chi connectivity index (χ0v) is 19.5. The third-order valence-corrected chi connectivity index (χ3v) is 6.53. The predicted molar refractivity (Wildman–Crippen MR) is 125 cm³/mol. The van der Waals surface area contributed by atoms with Gasteiger partial charge in [0.1, 0.15) is 22.9 Å². The number of aryl methyl sites for hydroxylation is 3. The number of terminal acetylenes is 1. The summed E-state index contributed by atoms with van der Waals surface area (Å²) in [6, 6.07) is 0. The molecule has 0 atom stereocenters. The molecule has 0 spiro atoms. The zero-order chi connectivity index (χ0) is 23.3. The fourth-order valence-electron chi connectivity index (χ4n) is 3.60. The quantitative estimate of drug-likeness (QED) is 0.523. The topological polar surface area (TPSA) is 108 Å². The second-order valence-corrected chi connectivity index (χ2v) is 8.89. The van der Waals surface area contributed by atoms with Gasteiger partial charge in [-0.2, -0.15) is 0 Å². The molecule has 32 heavy (non-hydrogen) atoms. The summed E-state index contributed by atoms with van der Waals surface area (Å²) in [7, 11) is 0. The van der Waals surface area contributed by atoms with Crippen LogP contribution in [0.25, 0.3) is 10.2 Å².